The van der Waals surface area contributed by atoms with Gasteiger partial charge in [0.2, 0.25) is 5.91 Å². The third-order valence-electron chi connectivity index (χ3n) is 4.05. The maximum absolute atomic E-state index is 12.7. The van der Waals surface area contributed by atoms with Crippen molar-refractivity contribution in [2.45, 2.75) is 71.0 Å². The van der Waals surface area contributed by atoms with Crippen LogP contribution in [0, 0.1) is 0 Å². The van der Waals surface area contributed by atoms with Gasteiger partial charge in [-0.1, -0.05) is 0 Å². The molecule has 3 heteroatoms. The number of hydrogen-bond acceptors (Lipinski definition) is 2. The first-order chi connectivity index (χ1) is 7.59. The molecule has 0 atom stereocenters. The second-order valence-electron chi connectivity index (χ2n) is 7.48. The third-order valence-corrected chi connectivity index (χ3v) is 4.05. The SMILES string of the molecule is CC(C)(C)N1CCN(C(C)(C)C)C2(CC2)C1=O. The summed E-state index contributed by atoms with van der Waals surface area (Å²) in [6, 6.07) is 0. The van der Waals surface area contributed by atoms with E-state index in [4.69, 9.17) is 0 Å². The van der Waals surface area contributed by atoms with Crippen LogP contribution in [0.4, 0.5) is 0 Å². The van der Waals surface area contributed by atoms with Crippen molar-refractivity contribution in [2.75, 3.05) is 13.1 Å². The number of carbonyl (C=O) groups is 1. The molecule has 0 N–H and O–H groups in total. The van der Waals surface area contributed by atoms with Crippen LogP contribution in [0.1, 0.15) is 54.4 Å². The Labute approximate surface area is 105 Å². The van der Waals surface area contributed by atoms with E-state index in [1.165, 1.54) is 0 Å². The molecular weight excluding hydrogens is 212 g/mol. The van der Waals surface area contributed by atoms with E-state index in [1.54, 1.807) is 0 Å². The number of amides is 1. The van der Waals surface area contributed by atoms with Gasteiger partial charge in [-0.05, 0) is 54.4 Å². The largest absolute Gasteiger partial charge is 0.335 e. The normalized spacial score (nSPS) is 25.5. The molecule has 2 aliphatic rings. The van der Waals surface area contributed by atoms with Crippen molar-refractivity contribution >= 4 is 5.91 Å². The fourth-order valence-corrected chi connectivity index (χ4v) is 3.10. The van der Waals surface area contributed by atoms with Crippen LogP contribution < -0.4 is 0 Å². The summed E-state index contributed by atoms with van der Waals surface area (Å²) in [7, 11) is 0. The Balaban J connectivity index is 2.26. The van der Waals surface area contributed by atoms with Gasteiger partial charge in [-0.25, -0.2) is 0 Å². The average Bonchev–Trinajstić information content (AvgIpc) is 2.87. The number of nitrogens with zero attached hydrogens (tertiary/aromatic N) is 2. The lowest BCUT2D eigenvalue weighted by molar-refractivity contribution is -0.154. The van der Waals surface area contributed by atoms with Crippen LogP contribution in [0.15, 0.2) is 0 Å². The summed E-state index contributed by atoms with van der Waals surface area (Å²) in [5.74, 6) is 0.353. The van der Waals surface area contributed by atoms with E-state index in [1.807, 2.05) is 0 Å². The summed E-state index contributed by atoms with van der Waals surface area (Å²) in [5, 5.41) is 0. The number of piperazine rings is 1. The molecular formula is C14H26N2O. The molecule has 0 unspecified atom stereocenters. The van der Waals surface area contributed by atoms with E-state index in [-0.39, 0.29) is 16.6 Å². The molecule has 1 aliphatic carbocycles. The summed E-state index contributed by atoms with van der Waals surface area (Å²) in [5.41, 5.74) is -0.115. The van der Waals surface area contributed by atoms with Gasteiger partial charge in [0.15, 0.2) is 0 Å². The Morgan fingerprint density at radius 3 is 1.82 bits per heavy atom. The maximum atomic E-state index is 12.7. The van der Waals surface area contributed by atoms with Crippen molar-refractivity contribution in [1.82, 2.24) is 9.80 Å². The lowest BCUT2D eigenvalue weighted by Gasteiger charge is -2.51. The molecule has 2 fully saturated rings. The minimum Gasteiger partial charge on any atom is -0.335 e. The summed E-state index contributed by atoms with van der Waals surface area (Å²) in [4.78, 5) is 17.2. The molecule has 2 rings (SSSR count). The molecule has 0 radical (unpaired) electrons. The highest BCUT2D eigenvalue weighted by Crippen LogP contribution is 2.49. The van der Waals surface area contributed by atoms with E-state index in [2.05, 4.69) is 51.3 Å². The Bertz CT molecular complexity index is 331. The zero-order valence-electron chi connectivity index (χ0n) is 12.1. The molecule has 1 heterocycles. The van der Waals surface area contributed by atoms with Crippen LogP contribution in [0.5, 0.6) is 0 Å². The topological polar surface area (TPSA) is 23.6 Å². The molecule has 1 spiro atoms. The van der Waals surface area contributed by atoms with E-state index in [9.17, 15) is 4.79 Å². The van der Waals surface area contributed by atoms with Crippen molar-refractivity contribution in [2.24, 2.45) is 0 Å². The van der Waals surface area contributed by atoms with Gasteiger partial charge in [0.25, 0.3) is 0 Å². The third kappa shape index (κ3) is 1.99. The molecule has 17 heavy (non-hydrogen) atoms. The van der Waals surface area contributed by atoms with Gasteiger partial charge >= 0.3 is 0 Å². The van der Waals surface area contributed by atoms with Crippen molar-refractivity contribution in [3.05, 3.63) is 0 Å². The van der Waals surface area contributed by atoms with E-state index >= 15 is 0 Å². The Morgan fingerprint density at radius 2 is 1.47 bits per heavy atom. The monoisotopic (exact) mass is 238 g/mol. The van der Waals surface area contributed by atoms with E-state index in [0.29, 0.717) is 5.91 Å². The van der Waals surface area contributed by atoms with Gasteiger partial charge in [-0.2, -0.15) is 0 Å². The van der Waals surface area contributed by atoms with Gasteiger partial charge in [0, 0.05) is 24.2 Å². The number of hydrogen-bond donors (Lipinski definition) is 0. The zero-order chi connectivity index (χ0) is 13.1. The van der Waals surface area contributed by atoms with E-state index < -0.39 is 0 Å². The van der Waals surface area contributed by atoms with Crippen LogP contribution in [0.25, 0.3) is 0 Å². The Kier molecular flexibility index (Phi) is 2.63. The molecule has 0 aromatic rings. The van der Waals surface area contributed by atoms with Gasteiger partial charge in [0.1, 0.15) is 5.54 Å². The van der Waals surface area contributed by atoms with Crippen molar-refractivity contribution in [3.8, 4) is 0 Å². The van der Waals surface area contributed by atoms with Gasteiger partial charge in [-0.3, -0.25) is 9.69 Å². The summed E-state index contributed by atoms with van der Waals surface area (Å²) in [6.07, 6.45) is 2.07. The lowest BCUT2D eigenvalue weighted by Crippen LogP contribution is -2.67. The second kappa shape index (κ2) is 3.47. The van der Waals surface area contributed by atoms with Crippen LogP contribution >= 0.6 is 0 Å². The molecule has 3 nitrogen and oxygen atoms in total. The van der Waals surface area contributed by atoms with Crippen molar-refractivity contribution in [3.63, 3.8) is 0 Å². The number of carbonyl (C=O) groups excluding carboxylic acids is 1. The smallest absolute Gasteiger partial charge is 0.243 e. The Morgan fingerprint density at radius 1 is 0.941 bits per heavy atom. The molecule has 1 saturated carbocycles. The summed E-state index contributed by atoms with van der Waals surface area (Å²) in [6.45, 7) is 14.9. The lowest BCUT2D eigenvalue weighted by atomic mass is 9.94. The van der Waals surface area contributed by atoms with Crippen molar-refractivity contribution in [1.29, 1.82) is 0 Å². The zero-order valence-corrected chi connectivity index (χ0v) is 12.1. The molecule has 0 aromatic carbocycles. The van der Waals surface area contributed by atoms with E-state index in [0.717, 1.165) is 25.9 Å². The highest BCUT2D eigenvalue weighted by atomic mass is 16.2. The predicted molar refractivity (Wildman–Crippen MR) is 69.9 cm³/mol. The molecule has 98 valence electrons. The average molecular weight is 238 g/mol. The number of rotatable bonds is 0. The van der Waals surface area contributed by atoms with Gasteiger partial charge < -0.3 is 4.90 Å². The summed E-state index contributed by atoms with van der Waals surface area (Å²) >= 11 is 0. The van der Waals surface area contributed by atoms with Gasteiger partial charge in [0.05, 0.1) is 0 Å². The first kappa shape index (κ1) is 12.9. The predicted octanol–water partition coefficient (Wildman–Crippen LogP) is 2.26. The molecule has 1 saturated heterocycles. The quantitative estimate of drug-likeness (QED) is 0.646. The van der Waals surface area contributed by atoms with Crippen molar-refractivity contribution < 1.29 is 4.79 Å². The van der Waals surface area contributed by atoms with Crippen LogP contribution in [-0.4, -0.2) is 45.4 Å². The highest BCUT2D eigenvalue weighted by Gasteiger charge is 2.61. The molecule has 1 amide bonds. The van der Waals surface area contributed by atoms with Crippen LogP contribution in [0.2, 0.25) is 0 Å². The minimum absolute atomic E-state index is 0.0450. The molecule has 0 bridgehead atoms. The maximum Gasteiger partial charge on any atom is 0.243 e. The first-order valence-corrected chi connectivity index (χ1v) is 6.69. The standard InChI is InChI=1S/C14H26N2O/c1-12(2,3)15-9-10-16(13(4,5)6)14(7-8-14)11(15)17/h7-10H2,1-6H3. The van der Waals surface area contributed by atoms with Crippen LogP contribution in [0.3, 0.4) is 0 Å². The first-order valence-electron chi connectivity index (χ1n) is 6.69. The highest BCUT2D eigenvalue weighted by molar-refractivity contribution is 5.90. The molecule has 0 aromatic heterocycles. The fraction of sp³-hybridized carbons (Fsp3) is 0.929. The fourth-order valence-electron chi connectivity index (χ4n) is 3.10. The van der Waals surface area contributed by atoms with Gasteiger partial charge in [-0.15, -0.1) is 0 Å². The molecule has 1 aliphatic heterocycles. The minimum atomic E-state index is -0.163. The second-order valence-corrected chi connectivity index (χ2v) is 7.48. The van der Waals surface area contributed by atoms with Crippen LogP contribution in [-0.2, 0) is 4.79 Å². The summed E-state index contributed by atoms with van der Waals surface area (Å²) < 4.78 is 0. The Hall–Kier alpha value is -0.570.